The minimum atomic E-state index is -1.14. The van der Waals surface area contributed by atoms with E-state index in [1.54, 1.807) is 7.05 Å². The molecule has 156 valence electrons. The second-order valence-corrected chi connectivity index (χ2v) is 7.42. The predicted octanol–water partition coefficient (Wildman–Crippen LogP) is 4.73. The molecule has 0 saturated carbocycles. The van der Waals surface area contributed by atoms with E-state index in [0.29, 0.717) is 11.3 Å². The van der Waals surface area contributed by atoms with Crippen LogP contribution < -0.4 is 5.56 Å². The van der Waals surface area contributed by atoms with Crippen LogP contribution in [-0.4, -0.2) is 15.6 Å². The first-order valence-electron chi connectivity index (χ1n) is 9.68. The Morgan fingerprint density at radius 2 is 1.70 bits per heavy atom. The standard InChI is InChI=1S/C24H24FNO4/c1-15(2)22-21(24(28)29)20(17-9-11-18(25)12-10-17)19(23(27)26(22)3)14-30-13-16-7-5-4-6-8-16/h4-12,15H,13-14H2,1-3H3,(H,28,29). The van der Waals surface area contributed by atoms with Crippen LogP contribution in [-0.2, 0) is 25.0 Å². The number of pyridine rings is 1. The number of benzene rings is 2. The van der Waals surface area contributed by atoms with Gasteiger partial charge in [-0.3, -0.25) is 4.79 Å². The first kappa shape index (κ1) is 21.5. The molecule has 6 heteroatoms. The van der Waals surface area contributed by atoms with Gasteiger partial charge in [0.1, 0.15) is 5.82 Å². The summed E-state index contributed by atoms with van der Waals surface area (Å²) >= 11 is 0. The highest BCUT2D eigenvalue weighted by molar-refractivity contribution is 5.98. The Labute approximate surface area is 174 Å². The number of carboxylic acids is 1. The molecule has 1 N–H and O–H groups in total. The van der Waals surface area contributed by atoms with Crippen LogP contribution in [0, 0.1) is 5.82 Å². The minimum Gasteiger partial charge on any atom is -0.478 e. The average molecular weight is 409 g/mol. The van der Waals surface area contributed by atoms with Gasteiger partial charge >= 0.3 is 5.97 Å². The fourth-order valence-corrected chi connectivity index (χ4v) is 3.67. The molecule has 0 radical (unpaired) electrons. The van der Waals surface area contributed by atoms with Crippen LogP contribution >= 0.6 is 0 Å². The first-order valence-corrected chi connectivity index (χ1v) is 9.68. The molecule has 0 unspecified atom stereocenters. The normalized spacial score (nSPS) is 11.1. The lowest BCUT2D eigenvalue weighted by Crippen LogP contribution is -2.30. The summed E-state index contributed by atoms with van der Waals surface area (Å²) < 4.78 is 20.7. The molecular weight excluding hydrogens is 385 g/mol. The van der Waals surface area contributed by atoms with Crippen LogP contribution in [0.5, 0.6) is 0 Å². The summed E-state index contributed by atoms with van der Waals surface area (Å²) in [5.74, 6) is -1.78. The Bertz CT molecular complexity index is 1100. The van der Waals surface area contributed by atoms with E-state index in [0.717, 1.165) is 5.56 Å². The van der Waals surface area contributed by atoms with E-state index >= 15 is 0 Å². The number of carbonyl (C=O) groups is 1. The van der Waals surface area contributed by atoms with Crippen LogP contribution in [0.15, 0.2) is 59.4 Å². The lowest BCUT2D eigenvalue weighted by atomic mass is 9.90. The Morgan fingerprint density at radius 3 is 2.27 bits per heavy atom. The van der Waals surface area contributed by atoms with Crippen molar-refractivity contribution >= 4 is 5.97 Å². The van der Waals surface area contributed by atoms with Crippen LogP contribution in [0.25, 0.3) is 11.1 Å². The number of ether oxygens (including phenoxy) is 1. The number of hydrogen-bond donors (Lipinski definition) is 1. The summed E-state index contributed by atoms with van der Waals surface area (Å²) in [7, 11) is 1.57. The van der Waals surface area contributed by atoms with Crippen LogP contribution in [0.3, 0.4) is 0 Å². The first-order chi connectivity index (χ1) is 14.3. The molecular formula is C24H24FNO4. The Balaban J connectivity index is 2.17. The van der Waals surface area contributed by atoms with Crippen molar-refractivity contribution in [2.75, 3.05) is 0 Å². The topological polar surface area (TPSA) is 68.5 Å². The zero-order valence-electron chi connectivity index (χ0n) is 17.2. The highest BCUT2D eigenvalue weighted by Crippen LogP contribution is 2.32. The van der Waals surface area contributed by atoms with Crippen molar-refractivity contribution in [3.63, 3.8) is 0 Å². The van der Waals surface area contributed by atoms with Crippen molar-refractivity contribution in [2.24, 2.45) is 7.05 Å². The van der Waals surface area contributed by atoms with E-state index in [9.17, 15) is 19.1 Å². The van der Waals surface area contributed by atoms with Crippen molar-refractivity contribution in [3.05, 3.63) is 93.2 Å². The number of hydrogen-bond acceptors (Lipinski definition) is 3. The van der Waals surface area contributed by atoms with E-state index in [-0.39, 0.29) is 41.4 Å². The van der Waals surface area contributed by atoms with Crippen molar-refractivity contribution in [2.45, 2.75) is 33.0 Å². The predicted molar refractivity (Wildman–Crippen MR) is 113 cm³/mol. The van der Waals surface area contributed by atoms with Gasteiger partial charge in [0.25, 0.3) is 5.56 Å². The molecule has 0 saturated heterocycles. The molecule has 3 aromatic rings. The molecule has 0 aliphatic carbocycles. The molecule has 2 aromatic carbocycles. The number of rotatable bonds is 7. The lowest BCUT2D eigenvalue weighted by Gasteiger charge is -2.22. The van der Waals surface area contributed by atoms with Gasteiger partial charge in [0.15, 0.2) is 0 Å². The van der Waals surface area contributed by atoms with Gasteiger partial charge in [0.2, 0.25) is 0 Å². The Kier molecular flexibility index (Phi) is 6.47. The van der Waals surface area contributed by atoms with E-state index in [1.165, 1.54) is 28.8 Å². The zero-order chi connectivity index (χ0) is 21.8. The third kappa shape index (κ3) is 4.33. The number of aromatic nitrogens is 1. The summed E-state index contributed by atoms with van der Waals surface area (Å²) in [6.45, 7) is 3.89. The number of nitrogens with zero attached hydrogens (tertiary/aromatic N) is 1. The van der Waals surface area contributed by atoms with Crippen molar-refractivity contribution in [1.82, 2.24) is 4.57 Å². The van der Waals surface area contributed by atoms with Gasteiger partial charge in [-0.15, -0.1) is 0 Å². The van der Waals surface area contributed by atoms with Gasteiger partial charge in [0, 0.05) is 18.3 Å². The molecule has 0 atom stereocenters. The average Bonchev–Trinajstić information content (AvgIpc) is 2.72. The number of halogens is 1. The maximum absolute atomic E-state index is 13.5. The molecule has 0 aliphatic heterocycles. The second kappa shape index (κ2) is 9.05. The third-order valence-corrected chi connectivity index (χ3v) is 4.98. The van der Waals surface area contributed by atoms with Gasteiger partial charge in [-0.05, 0) is 29.2 Å². The molecule has 0 bridgehead atoms. The van der Waals surface area contributed by atoms with Crippen LogP contribution in [0.1, 0.15) is 46.9 Å². The van der Waals surface area contributed by atoms with Crippen molar-refractivity contribution in [3.8, 4) is 11.1 Å². The maximum atomic E-state index is 13.5. The number of carboxylic acid groups (broad SMARTS) is 1. The summed E-state index contributed by atoms with van der Waals surface area (Å²) in [4.78, 5) is 25.5. The van der Waals surface area contributed by atoms with Gasteiger partial charge in [0.05, 0.1) is 24.3 Å². The molecule has 5 nitrogen and oxygen atoms in total. The monoisotopic (exact) mass is 409 g/mol. The molecule has 30 heavy (non-hydrogen) atoms. The van der Waals surface area contributed by atoms with E-state index < -0.39 is 11.8 Å². The SMILES string of the molecule is CC(C)c1c(C(=O)O)c(-c2ccc(F)cc2)c(COCc2ccccc2)c(=O)n1C. The Morgan fingerprint density at radius 1 is 1.07 bits per heavy atom. The van der Waals surface area contributed by atoms with Crippen LogP contribution in [0.4, 0.5) is 4.39 Å². The quantitative estimate of drug-likeness (QED) is 0.613. The summed E-state index contributed by atoms with van der Waals surface area (Å²) in [5.41, 5.74) is 2.05. The number of aromatic carboxylic acids is 1. The molecule has 0 aliphatic rings. The summed E-state index contributed by atoms with van der Waals surface area (Å²) in [6, 6.07) is 15.0. The van der Waals surface area contributed by atoms with Crippen molar-refractivity contribution in [1.29, 1.82) is 0 Å². The van der Waals surface area contributed by atoms with E-state index in [2.05, 4.69) is 0 Å². The van der Waals surface area contributed by atoms with Crippen LogP contribution in [0.2, 0.25) is 0 Å². The zero-order valence-corrected chi connectivity index (χ0v) is 17.2. The minimum absolute atomic E-state index is 0.0389. The maximum Gasteiger partial charge on any atom is 0.338 e. The molecule has 1 heterocycles. The highest BCUT2D eigenvalue weighted by Gasteiger charge is 2.27. The molecule has 0 amide bonds. The highest BCUT2D eigenvalue weighted by atomic mass is 19.1. The van der Waals surface area contributed by atoms with Crippen molar-refractivity contribution < 1.29 is 19.0 Å². The second-order valence-electron chi connectivity index (χ2n) is 7.42. The smallest absolute Gasteiger partial charge is 0.338 e. The largest absolute Gasteiger partial charge is 0.478 e. The fourth-order valence-electron chi connectivity index (χ4n) is 3.67. The molecule has 3 rings (SSSR count). The summed E-state index contributed by atoms with van der Waals surface area (Å²) in [5, 5.41) is 10.0. The molecule has 1 aromatic heterocycles. The fraction of sp³-hybridized carbons (Fsp3) is 0.250. The Hall–Kier alpha value is -3.25. The lowest BCUT2D eigenvalue weighted by molar-refractivity contribution is 0.0693. The van der Waals surface area contributed by atoms with Gasteiger partial charge < -0.3 is 14.4 Å². The third-order valence-electron chi connectivity index (χ3n) is 4.98. The van der Waals surface area contributed by atoms with Gasteiger partial charge in [-0.1, -0.05) is 56.3 Å². The van der Waals surface area contributed by atoms with E-state index in [1.807, 2.05) is 44.2 Å². The molecule has 0 spiro atoms. The molecule has 0 fully saturated rings. The van der Waals surface area contributed by atoms with Gasteiger partial charge in [-0.2, -0.15) is 0 Å². The summed E-state index contributed by atoms with van der Waals surface area (Å²) in [6.07, 6.45) is 0. The van der Waals surface area contributed by atoms with Gasteiger partial charge in [-0.25, -0.2) is 9.18 Å². The van der Waals surface area contributed by atoms with E-state index in [4.69, 9.17) is 4.74 Å².